The molecule has 7 heteroatoms. The topological polar surface area (TPSA) is 73.6 Å². The summed E-state index contributed by atoms with van der Waals surface area (Å²) in [6.45, 7) is 0. The number of thiophene rings is 1. The van der Waals surface area contributed by atoms with Crippen molar-refractivity contribution in [3.8, 4) is 11.5 Å². The number of hydrogen-bond acceptors (Lipinski definition) is 5. The first kappa shape index (κ1) is 15.3. The fraction of sp³-hybridized carbons (Fsp3) is 0.143. The number of amides is 1. The van der Waals surface area contributed by atoms with Gasteiger partial charge >= 0.3 is 0 Å². The van der Waals surface area contributed by atoms with Crippen molar-refractivity contribution in [2.45, 2.75) is 0 Å². The van der Waals surface area contributed by atoms with Crippen molar-refractivity contribution in [3.05, 3.63) is 40.1 Å². The summed E-state index contributed by atoms with van der Waals surface area (Å²) >= 11 is 6.29. The molecule has 0 unspecified atom stereocenters. The Labute approximate surface area is 131 Å². The highest BCUT2D eigenvalue weighted by atomic mass is 32.1. The molecular weight excluding hydrogens is 308 g/mol. The summed E-state index contributed by atoms with van der Waals surface area (Å²) in [5.74, 6) is 0.863. The minimum Gasteiger partial charge on any atom is -0.496 e. The number of methoxy groups -OCH3 is 2. The monoisotopic (exact) mass is 322 g/mol. The molecule has 110 valence electrons. The van der Waals surface area contributed by atoms with Gasteiger partial charge in [-0.3, -0.25) is 4.79 Å². The van der Waals surface area contributed by atoms with Crippen LogP contribution in [0.4, 0.5) is 5.69 Å². The summed E-state index contributed by atoms with van der Waals surface area (Å²) in [7, 11) is 3.07. The van der Waals surface area contributed by atoms with Crippen molar-refractivity contribution in [2.24, 2.45) is 5.73 Å². The normalized spacial score (nSPS) is 10.0. The van der Waals surface area contributed by atoms with Crippen LogP contribution in [0, 0.1) is 0 Å². The van der Waals surface area contributed by atoms with Crippen LogP contribution in [0.2, 0.25) is 0 Å². The number of nitrogens with two attached hydrogens (primary N) is 1. The van der Waals surface area contributed by atoms with Crippen molar-refractivity contribution >= 4 is 40.1 Å². The van der Waals surface area contributed by atoms with Crippen LogP contribution in [0.25, 0.3) is 0 Å². The second-order valence-corrected chi connectivity index (χ2v) is 5.40. The standard InChI is InChI=1S/C14H14N2O3S2/c1-18-8-6-11(21-7-8)14(17)16-12-9(13(15)20)4-3-5-10(12)19-2/h3-7H,1-2H3,(H2,15,20)(H,16,17). The molecule has 0 atom stereocenters. The molecule has 0 bridgehead atoms. The Hall–Kier alpha value is -2.12. The molecule has 0 aliphatic carbocycles. The van der Waals surface area contributed by atoms with Crippen LogP contribution >= 0.6 is 23.6 Å². The lowest BCUT2D eigenvalue weighted by Gasteiger charge is -2.13. The van der Waals surface area contributed by atoms with Crippen LogP contribution in [0.3, 0.4) is 0 Å². The minimum atomic E-state index is -0.273. The van der Waals surface area contributed by atoms with E-state index in [9.17, 15) is 4.79 Å². The molecular formula is C14H14N2O3S2. The Morgan fingerprint density at radius 1 is 1.33 bits per heavy atom. The van der Waals surface area contributed by atoms with Gasteiger partial charge in [0.25, 0.3) is 5.91 Å². The lowest BCUT2D eigenvalue weighted by atomic mass is 10.1. The molecule has 3 N–H and O–H groups in total. The van der Waals surface area contributed by atoms with E-state index in [0.717, 1.165) is 0 Å². The largest absolute Gasteiger partial charge is 0.496 e. The molecule has 0 radical (unpaired) electrons. The van der Waals surface area contributed by atoms with Crippen LogP contribution in [0.15, 0.2) is 29.6 Å². The van der Waals surface area contributed by atoms with Crippen LogP contribution in [0.1, 0.15) is 15.2 Å². The Bertz CT molecular complexity index is 683. The third kappa shape index (κ3) is 3.32. The SMILES string of the molecule is COc1csc(C(=O)Nc2c(OC)cccc2C(N)=S)c1. The summed E-state index contributed by atoms with van der Waals surface area (Å²) in [5, 5.41) is 4.54. The van der Waals surface area contributed by atoms with Crippen LogP contribution < -0.4 is 20.5 Å². The van der Waals surface area contributed by atoms with E-state index in [0.29, 0.717) is 27.6 Å². The number of carbonyl (C=O) groups excluding carboxylic acids is 1. The summed E-state index contributed by atoms with van der Waals surface area (Å²) in [4.78, 5) is 13.0. The first-order valence-electron chi connectivity index (χ1n) is 5.97. The van der Waals surface area contributed by atoms with E-state index in [1.54, 1.807) is 36.8 Å². The number of benzene rings is 1. The number of rotatable bonds is 5. The van der Waals surface area contributed by atoms with Crippen LogP contribution in [-0.2, 0) is 0 Å². The van der Waals surface area contributed by atoms with Crippen LogP contribution in [0.5, 0.6) is 11.5 Å². The minimum absolute atomic E-state index is 0.188. The molecule has 21 heavy (non-hydrogen) atoms. The van der Waals surface area contributed by atoms with E-state index < -0.39 is 0 Å². The van der Waals surface area contributed by atoms with E-state index in [-0.39, 0.29) is 10.9 Å². The lowest BCUT2D eigenvalue weighted by molar-refractivity contribution is 0.103. The predicted octanol–water partition coefficient (Wildman–Crippen LogP) is 2.65. The summed E-state index contributed by atoms with van der Waals surface area (Å²) in [6.07, 6.45) is 0. The van der Waals surface area contributed by atoms with Gasteiger partial charge in [-0.1, -0.05) is 18.3 Å². The highest BCUT2D eigenvalue weighted by molar-refractivity contribution is 7.80. The zero-order chi connectivity index (χ0) is 15.4. The summed E-state index contributed by atoms with van der Waals surface area (Å²) in [6, 6.07) is 6.88. The van der Waals surface area contributed by atoms with Gasteiger partial charge in [-0.15, -0.1) is 11.3 Å². The fourth-order valence-corrected chi connectivity index (χ4v) is 2.68. The average Bonchev–Trinajstić information content (AvgIpc) is 2.96. The Balaban J connectivity index is 2.33. The first-order chi connectivity index (χ1) is 10.1. The van der Waals surface area contributed by atoms with Gasteiger partial charge < -0.3 is 20.5 Å². The second-order valence-electron chi connectivity index (χ2n) is 4.05. The van der Waals surface area contributed by atoms with Crippen molar-refractivity contribution in [2.75, 3.05) is 19.5 Å². The van der Waals surface area contributed by atoms with Crippen molar-refractivity contribution in [1.29, 1.82) is 0 Å². The molecule has 0 saturated heterocycles. The predicted molar refractivity (Wildman–Crippen MR) is 87.7 cm³/mol. The highest BCUT2D eigenvalue weighted by Crippen LogP contribution is 2.30. The summed E-state index contributed by atoms with van der Waals surface area (Å²) < 4.78 is 10.3. The molecule has 0 spiro atoms. The zero-order valence-electron chi connectivity index (χ0n) is 11.5. The number of anilines is 1. The van der Waals surface area contributed by atoms with E-state index in [1.165, 1.54) is 18.4 Å². The highest BCUT2D eigenvalue weighted by Gasteiger charge is 2.16. The maximum Gasteiger partial charge on any atom is 0.265 e. The summed E-state index contributed by atoms with van der Waals surface area (Å²) in [5.41, 5.74) is 6.70. The number of nitrogens with one attached hydrogen (secondary N) is 1. The average molecular weight is 322 g/mol. The van der Waals surface area contributed by atoms with Gasteiger partial charge in [0.05, 0.1) is 24.8 Å². The number of ether oxygens (including phenoxy) is 2. The van der Waals surface area contributed by atoms with Gasteiger partial charge in [0.2, 0.25) is 0 Å². The Morgan fingerprint density at radius 2 is 2.10 bits per heavy atom. The van der Waals surface area contributed by atoms with Gasteiger partial charge in [-0.25, -0.2) is 0 Å². The molecule has 0 fully saturated rings. The molecule has 0 aliphatic rings. The van der Waals surface area contributed by atoms with Gasteiger partial charge in [0.1, 0.15) is 16.5 Å². The quantitative estimate of drug-likeness (QED) is 0.828. The first-order valence-corrected chi connectivity index (χ1v) is 7.26. The number of hydrogen-bond donors (Lipinski definition) is 2. The van der Waals surface area contributed by atoms with Gasteiger partial charge in [0, 0.05) is 17.0 Å². The molecule has 2 aromatic rings. The maximum atomic E-state index is 12.3. The van der Waals surface area contributed by atoms with Crippen molar-refractivity contribution in [1.82, 2.24) is 0 Å². The third-order valence-corrected chi connectivity index (χ3v) is 3.91. The van der Waals surface area contributed by atoms with Gasteiger partial charge in [0.15, 0.2) is 0 Å². The van der Waals surface area contributed by atoms with Crippen LogP contribution in [-0.4, -0.2) is 25.1 Å². The van der Waals surface area contributed by atoms with Crippen molar-refractivity contribution in [3.63, 3.8) is 0 Å². The van der Waals surface area contributed by atoms with E-state index in [4.69, 9.17) is 27.4 Å². The molecule has 1 aromatic carbocycles. The molecule has 0 aliphatic heterocycles. The van der Waals surface area contributed by atoms with E-state index >= 15 is 0 Å². The Kier molecular flexibility index (Phi) is 4.77. The molecule has 0 saturated carbocycles. The molecule has 2 rings (SSSR count). The maximum absolute atomic E-state index is 12.3. The van der Waals surface area contributed by atoms with E-state index in [2.05, 4.69) is 5.32 Å². The van der Waals surface area contributed by atoms with Crippen molar-refractivity contribution < 1.29 is 14.3 Å². The number of para-hydroxylation sites is 1. The van der Waals surface area contributed by atoms with Gasteiger partial charge in [-0.05, 0) is 12.1 Å². The molecule has 1 heterocycles. The molecule has 1 amide bonds. The zero-order valence-corrected chi connectivity index (χ0v) is 13.1. The second kappa shape index (κ2) is 6.55. The number of thiocarbonyl (C=S) groups is 1. The Morgan fingerprint density at radius 3 is 2.67 bits per heavy atom. The number of carbonyl (C=O) groups is 1. The molecule has 1 aromatic heterocycles. The fourth-order valence-electron chi connectivity index (χ4n) is 1.76. The smallest absolute Gasteiger partial charge is 0.265 e. The van der Waals surface area contributed by atoms with Gasteiger partial charge in [-0.2, -0.15) is 0 Å². The lowest BCUT2D eigenvalue weighted by Crippen LogP contribution is -2.17. The third-order valence-electron chi connectivity index (χ3n) is 2.79. The van der Waals surface area contributed by atoms with E-state index in [1.807, 2.05) is 0 Å². The molecule has 5 nitrogen and oxygen atoms in total.